The third-order valence-corrected chi connectivity index (χ3v) is 3.79. The highest BCUT2D eigenvalue weighted by molar-refractivity contribution is 5.93. The Labute approximate surface area is 132 Å². The summed E-state index contributed by atoms with van der Waals surface area (Å²) in [7, 11) is 2.02. The van der Waals surface area contributed by atoms with Gasteiger partial charge >= 0.3 is 0 Å². The molecule has 22 heavy (non-hydrogen) atoms. The van der Waals surface area contributed by atoms with Gasteiger partial charge in [-0.05, 0) is 26.1 Å². The van der Waals surface area contributed by atoms with Gasteiger partial charge in [0.1, 0.15) is 0 Å². The van der Waals surface area contributed by atoms with Crippen LogP contribution in [0.4, 0.5) is 5.69 Å². The average molecular weight is 306 g/mol. The molecule has 1 aliphatic rings. The van der Waals surface area contributed by atoms with Crippen molar-refractivity contribution in [2.24, 2.45) is 0 Å². The summed E-state index contributed by atoms with van der Waals surface area (Å²) < 4.78 is 11.0. The maximum absolute atomic E-state index is 12.4. The van der Waals surface area contributed by atoms with Gasteiger partial charge in [-0.1, -0.05) is 18.2 Å². The van der Waals surface area contributed by atoms with Gasteiger partial charge in [-0.2, -0.15) is 0 Å². The first-order valence-corrected chi connectivity index (χ1v) is 7.94. The van der Waals surface area contributed by atoms with Crippen molar-refractivity contribution < 1.29 is 14.3 Å². The summed E-state index contributed by atoms with van der Waals surface area (Å²) >= 11 is 0. The first-order chi connectivity index (χ1) is 10.7. The molecule has 0 spiro atoms. The Morgan fingerprint density at radius 3 is 2.68 bits per heavy atom. The second-order valence-corrected chi connectivity index (χ2v) is 5.55. The molecule has 122 valence electrons. The van der Waals surface area contributed by atoms with Crippen LogP contribution in [0.2, 0.25) is 0 Å². The van der Waals surface area contributed by atoms with Gasteiger partial charge in [0.15, 0.2) is 0 Å². The molecule has 1 saturated heterocycles. The Hall–Kier alpha value is -1.43. The molecule has 0 radical (unpaired) electrons. The van der Waals surface area contributed by atoms with Gasteiger partial charge < -0.3 is 19.3 Å². The maximum atomic E-state index is 12.4. The van der Waals surface area contributed by atoms with E-state index in [0.717, 1.165) is 18.8 Å². The van der Waals surface area contributed by atoms with Crippen LogP contribution in [0.3, 0.4) is 0 Å². The normalized spacial score (nSPS) is 18.4. The van der Waals surface area contributed by atoms with Crippen molar-refractivity contribution in [3.63, 3.8) is 0 Å². The lowest BCUT2D eigenvalue weighted by Crippen LogP contribution is -2.40. The number of para-hydroxylation sites is 1. The van der Waals surface area contributed by atoms with Crippen LogP contribution in [0.1, 0.15) is 13.3 Å². The second kappa shape index (κ2) is 8.88. The number of rotatable bonds is 7. The van der Waals surface area contributed by atoms with E-state index >= 15 is 0 Å². The molecule has 1 amide bonds. The third kappa shape index (κ3) is 5.09. The number of hydrogen-bond acceptors (Lipinski definition) is 4. The van der Waals surface area contributed by atoms with Gasteiger partial charge in [0.2, 0.25) is 5.91 Å². The Morgan fingerprint density at radius 2 is 2.05 bits per heavy atom. The minimum Gasteiger partial charge on any atom is -0.376 e. The highest BCUT2D eigenvalue weighted by Gasteiger charge is 2.18. The Morgan fingerprint density at radius 1 is 1.27 bits per heavy atom. The van der Waals surface area contributed by atoms with Crippen LogP contribution in [0.5, 0.6) is 0 Å². The van der Waals surface area contributed by atoms with E-state index in [-0.39, 0.29) is 12.0 Å². The first-order valence-electron chi connectivity index (χ1n) is 7.94. The predicted molar refractivity (Wildman–Crippen MR) is 87.1 cm³/mol. The molecule has 0 N–H and O–H groups in total. The summed E-state index contributed by atoms with van der Waals surface area (Å²) in [5, 5.41) is 0. The summed E-state index contributed by atoms with van der Waals surface area (Å²) in [5.74, 6) is 0.154. The van der Waals surface area contributed by atoms with Gasteiger partial charge in [0, 0.05) is 31.7 Å². The SMILES string of the molecule is CCN(C(=O)CCN(C)C[C@@H]1COCCO1)c1ccccc1. The lowest BCUT2D eigenvalue weighted by Gasteiger charge is -2.28. The number of hydrogen-bond donors (Lipinski definition) is 0. The first kappa shape index (κ1) is 16.9. The van der Waals surface area contributed by atoms with Crippen molar-refractivity contribution in [3.8, 4) is 0 Å². The van der Waals surface area contributed by atoms with E-state index in [1.807, 2.05) is 49.2 Å². The van der Waals surface area contributed by atoms with Gasteiger partial charge in [0.05, 0.1) is 25.9 Å². The quantitative estimate of drug-likeness (QED) is 0.770. The van der Waals surface area contributed by atoms with E-state index in [2.05, 4.69) is 4.90 Å². The molecule has 2 rings (SSSR count). The second-order valence-electron chi connectivity index (χ2n) is 5.55. The number of ether oxygens (including phenoxy) is 2. The van der Waals surface area contributed by atoms with Gasteiger partial charge in [-0.15, -0.1) is 0 Å². The fourth-order valence-corrected chi connectivity index (χ4v) is 2.61. The van der Waals surface area contributed by atoms with Crippen LogP contribution < -0.4 is 4.90 Å². The van der Waals surface area contributed by atoms with Crippen molar-refractivity contribution in [1.29, 1.82) is 0 Å². The molecule has 0 aromatic heterocycles. The van der Waals surface area contributed by atoms with E-state index < -0.39 is 0 Å². The predicted octanol–water partition coefficient (Wildman–Crippen LogP) is 1.78. The number of benzene rings is 1. The molecule has 0 saturated carbocycles. The fourth-order valence-electron chi connectivity index (χ4n) is 2.61. The molecule has 0 aliphatic carbocycles. The zero-order valence-corrected chi connectivity index (χ0v) is 13.5. The summed E-state index contributed by atoms with van der Waals surface area (Å²) in [5.41, 5.74) is 0.960. The molecule has 5 nitrogen and oxygen atoms in total. The summed E-state index contributed by atoms with van der Waals surface area (Å²) in [6.07, 6.45) is 0.623. The molecule has 0 bridgehead atoms. The van der Waals surface area contributed by atoms with E-state index in [9.17, 15) is 4.79 Å². The fraction of sp³-hybridized carbons (Fsp3) is 0.588. The Balaban J connectivity index is 1.78. The molecule has 1 heterocycles. The van der Waals surface area contributed by atoms with Crippen LogP contribution in [-0.2, 0) is 14.3 Å². The van der Waals surface area contributed by atoms with Crippen molar-refractivity contribution in [3.05, 3.63) is 30.3 Å². The van der Waals surface area contributed by atoms with Gasteiger partial charge in [-0.3, -0.25) is 4.79 Å². The van der Waals surface area contributed by atoms with Crippen molar-refractivity contribution in [1.82, 2.24) is 4.90 Å². The Kier molecular flexibility index (Phi) is 6.83. The van der Waals surface area contributed by atoms with E-state index in [1.54, 1.807) is 0 Å². The number of likely N-dealkylation sites (N-methyl/N-ethyl adjacent to an activating group) is 1. The van der Waals surface area contributed by atoms with Crippen LogP contribution in [-0.4, -0.2) is 63.4 Å². The lowest BCUT2D eigenvalue weighted by atomic mass is 10.2. The largest absolute Gasteiger partial charge is 0.376 e. The number of carbonyl (C=O) groups excluding carboxylic acids is 1. The van der Waals surface area contributed by atoms with Crippen LogP contribution in [0.15, 0.2) is 30.3 Å². The number of amides is 1. The van der Waals surface area contributed by atoms with Crippen LogP contribution in [0.25, 0.3) is 0 Å². The highest BCUT2D eigenvalue weighted by atomic mass is 16.6. The molecule has 1 atom stereocenters. The summed E-state index contributed by atoms with van der Waals surface area (Å²) in [4.78, 5) is 16.4. The van der Waals surface area contributed by atoms with E-state index in [4.69, 9.17) is 9.47 Å². The minimum atomic E-state index is 0.116. The molecule has 0 unspecified atom stereocenters. The lowest BCUT2D eigenvalue weighted by molar-refractivity contribution is -0.119. The number of anilines is 1. The molecule has 1 fully saturated rings. The molecule has 1 aliphatic heterocycles. The number of carbonyl (C=O) groups is 1. The van der Waals surface area contributed by atoms with Crippen molar-refractivity contribution >= 4 is 11.6 Å². The average Bonchev–Trinajstić information content (AvgIpc) is 2.55. The summed E-state index contributed by atoms with van der Waals surface area (Å²) in [6.45, 7) is 6.19. The zero-order chi connectivity index (χ0) is 15.8. The molecule has 5 heteroatoms. The minimum absolute atomic E-state index is 0.116. The molecule has 1 aromatic carbocycles. The topological polar surface area (TPSA) is 42.0 Å². The summed E-state index contributed by atoms with van der Waals surface area (Å²) in [6, 6.07) is 9.81. The third-order valence-electron chi connectivity index (χ3n) is 3.79. The van der Waals surface area contributed by atoms with Crippen molar-refractivity contribution in [2.75, 3.05) is 51.4 Å². The number of nitrogens with zero attached hydrogens (tertiary/aromatic N) is 2. The van der Waals surface area contributed by atoms with Gasteiger partial charge in [-0.25, -0.2) is 0 Å². The Bertz CT molecular complexity index is 446. The molecular weight excluding hydrogens is 280 g/mol. The maximum Gasteiger partial charge on any atom is 0.228 e. The van der Waals surface area contributed by atoms with Crippen LogP contribution in [0, 0.1) is 0 Å². The standard InChI is InChI=1S/C17H26N2O3/c1-3-19(15-7-5-4-6-8-15)17(20)9-10-18(2)13-16-14-21-11-12-22-16/h4-8,16H,3,9-14H2,1-2H3/t16-/m1/s1. The smallest absolute Gasteiger partial charge is 0.228 e. The molecule has 1 aromatic rings. The monoisotopic (exact) mass is 306 g/mol. The highest BCUT2D eigenvalue weighted by Crippen LogP contribution is 2.14. The molecular formula is C17H26N2O3. The van der Waals surface area contributed by atoms with E-state index in [1.165, 1.54) is 0 Å². The van der Waals surface area contributed by atoms with Crippen molar-refractivity contribution in [2.45, 2.75) is 19.4 Å². The van der Waals surface area contributed by atoms with E-state index in [0.29, 0.717) is 32.8 Å². The zero-order valence-electron chi connectivity index (χ0n) is 13.5. The van der Waals surface area contributed by atoms with Gasteiger partial charge in [0.25, 0.3) is 0 Å². The van der Waals surface area contributed by atoms with Crippen LogP contribution >= 0.6 is 0 Å².